The highest BCUT2D eigenvalue weighted by atomic mass is 16.2. The third-order valence-electron chi connectivity index (χ3n) is 13.3. The number of imide groups is 2. The largest absolute Gasteiger partial charge is 0.307 e. The van der Waals surface area contributed by atoms with E-state index in [4.69, 9.17) is 0 Å². The zero-order chi connectivity index (χ0) is 38.3. The summed E-state index contributed by atoms with van der Waals surface area (Å²) in [4.78, 5) is 58.9. The average Bonchev–Trinajstić information content (AvgIpc) is 3.72. The summed E-state index contributed by atoms with van der Waals surface area (Å²) in [7, 11) is 0. The van der Waals surface area contributed by atoms with Gasteiger partial charge in [-0.3, -0.25) is 19.2 Å². The second-order valence-electron chi connectivity index (χ2n) is 17.0. The van der Waals surface area contributed by atoms with Gasteiger partial charge < -0.3 is 9.13 Å². The van der Waals surface area contributed by atoms with Crippen LogP contribution >= 0.6 is 0 Å². The van der Waals surface area contributed by atoms with Crippen LogP contribution in [-0.4, -0.2) is 32.8 Å². The Balaban J connectivity index is 1.34. The SMILES string of the molecule is CC1(C)C(=O)N(c2ccccc2-n2c3ccccc3c3cc4c(cc32)c2ccccc2n4-c2ccccc2N2C(=O)C(C)(C)C(C)(C)C2=O)C(=O)C1(C)C. The molecule has 5 aromatic carbocycles. The van der Waals surface area contributed by atoms with E-state index in [2.05, 4.69) is 45.5 Å². The highest BCUT2D eigenvalue weighted by molar-refractivity contribution is 6.27. The van der Waals surface area contributed by atoms with E-state index in [9.17, 15) is 19.2 Å². The molecule has 8 heteroatoms. The molecule has 0 aliphatic carbocycles. The molecule has 0 atom stereocenters. The van der Waals surface area contributed by atoms with Crippen molar-refractivity contribution >= 4 is 78.6 Å². The molecule has 4 heterocycles. The number of anilines is 2. The van der Waals surface area contributed by atoms with E-state index in [0.717, 1.165) is 55.0 Å². The second-order valence-corrected chi connectivity index (χ2v) is 17.0. The van der Waals surface area contributed by atoms with Crippen LogP contribution in [0.1, 0.15) is 55.4 Å². The van der Waals surface area contributed by atoms with Gasteiger partial charge in [-0.25, -0.2) is 9.80 Å². The molecule has 0 unspecified atom stereocenters. The van der Waals surface area contributed by atoms with E-state index in [-0.39, 0.29) is 23.6 Å². The van der Waals surface area contributed by atoms with Crippen molar-refractivity contribution in [2.24, 2.45) is 21.7 Å². The fourth-order valence-corrected chi connectivity index (χ4v) is 8.44. The van der Waals surface area contributed by atoms with Crippen LogP contribution in [0, 0.1) is 21.7 Å². The fourth-order valence-electron chi connectivity index (χ4n) is 8.44. The summed E-state index contributed by atoms with van der Waals surface area (Å²) < 4.78 is 4.31. The molecule has 270 valence electrons. The fraction of sp³-hybridized carbons (Fsp3) is 0.261. The Morgan fingerprint density at radius 3 is 0.944 bits per heavy atom. The van der Waals surface area contributed by atoms with Gasteiger partial charge in [-0.2, -0.15) is 0 Å². The number of aromatic nitrogens is 2. The third-order valence-corrected chi connectivity index (χ3v) is 13.3. The molecule has 2 saturated heterocycles. The molecule has 2 aliphatic heterocycles. The third kappa shape index (κ3) is 4.03. The minimum absolute atomic E-state index is 0.225. The number of carbonyl (C=O) groups excluding carboxylic acids is 4. The van der Waals surface area contributed by atoms with Crippen LogP contribution in [0.15, 0.2) is 109 Å². The number of amides is 4. The molecule has 0 N–H and O–H groups in total. The first-order valence-corrected chi connectivity index (χ1v) is 18.5. The van der Waals surface area contributed by atoms with E-state index in [0.29, 0.717) is 11.4 Å². The highest BCUT2D eigenvalue weighted by Crippen LogP contribution is 2.52. The number of benzene rings is 5. The maximum atomic E-state index is 14.0. The molecule has 0 bridgehead atoms. The number of carbonyl (C=O) groups is 4. The maximum Gasteiger partial charge on any atom is 0.240 e. The standard InChI is InChI=1S/C46H42N4O4/c1-43(2)39(51)49(40(52)44(43,3)4)35-23-15-13-21-33(35)47-31-19-11-9-17-27(31)29-26-38-30(25-37(29)47)28-18-10-12-20-32(28)48(38)34-22-14-16-24-36(34)50-41(53)45(5,6)46(7,8)42(50)54/h9-26H,1-8H3. The lowest BCUT2D eigenvalue weighted by Gasteiger charge is -2.28. The molecule has 9 rings (SSSR count). The van der Waals surface area contributed by atoms with Gasteiger partial charge in [0.2, 0.25) is 23.6 Å². The quantitative estimate of drug-likeness (QED) is 0.170. The molecule has 0 saturated carbocycles. The molecule has 8 nitrogen and oxygen atoms in total. The van der Waals surface area contributed by atoms with E-state index in [1.54, 1.807) is 0 Å². The Morgan fingerprint density at radius 2 is 0.611 bits per heavy atom. The van der Waals surface area contributed by atoms with E-state index in [1.807, 2.05) is 128 Å². The lowest BCUT2D eigenvalue weighted by molar-refractivity contribution is -0.129. The highest BCUT2D eigenvalue weighted by Gasteiger charge is 2.61. The first-order chi connectivity index (χ1) is 25.5. The summed E-state index contributed by atoms with van der Waals surface area (Å²) in [5, 5.41) is 3.96. The first-order valence-electron chi connectivity index (χ1n) is 18.5. The first kappa shape index (κ1) is 33.8. The lowest BCUT2D eigenvalue weighted by Crippen LogP contribution is -2.35. The van der Waals surface area contributed by atoms with Crippen molar-refractivity contribution in [1.29, 1.82) is 0 Å². The molecule has 0 radical (unpaired) electrons. The van der Waals surface area contributed by atoms with Gasteiger partial charge in [0.25, 0.3) is 0 Å². The molecule has 0 spiro atoms. The lowest BCUT2D eigenvalue weighted by atomic mass is 9.70. The van der Waals surface area contributed by atoms with Crippen molar-refractivity contribution in [2.45, 2.75) is 55.4 Å². The smallest absolute Gasteiger partial charge is 0.240 e. The number of hydrogen-bond donors (Lipinski definition) is 0. The minimum atomic E-state index is -0.891. The number of para-hydroxylation sites is 6. The Bertz CT molecular complexity index is 2590. The van der Waals surface area contributed by atoms with Gasteiger partial charge in [-0.05, 0) is 104 Å². The van der Waals surface area contributed by atoms with Gasteiger partial charge in [0.05, 0.1) is 66.5 Å². The Morgan fingerprint density at radius 1 is 0.333 bits per heavy atom. The van der Waals surface area contributed by atoms with Crippen molar-refractivity contribution in [3.63, 3.8) is 0 Å². The Labute approximate surface area is 313 Å². The van der Waals surface area contributed by atoms with Crippen LogP contribution in [-0.2, 0) is 19.2 Å². The van der Waals surface area contributed by atoms with Crippen LogP contribution < -0.4 is 9.80 Å². The molecular formula is C46H42N4O4. The summed E-state index contributed by atoms with van der Waals surface area (Å²) in [5.74, 6) is -0.902. The van der Waals surface area contributed by atoms with Gasteiger partial charge in [-0.1, -0.05) is 60.7 Å². The monoisotopic (exact) mass is 714 g/mol. The van der Waals surface area contributed by atoms with Gasteiger partial charge >= 0.3 is 0 Å². The van der Waals surface area contributed by atoms with Crippen molar-refractivity contribution < 1.29 is 19.2 Å². The molecular weight excluding hydrogens is 673 g/mol. The van der Waals surface area contributed by atoms with Crippen molar-refractivity contribution in [3.8, 4) is 11.4 Å². The normalized spacial score (nSPS) is 19.0. The van der Waals surface area contributed by atoms with Gasteiger partial charge in [0.1, 0.15) is 0 Å². The number of hydrogen-bond acceptors (Lipinski definition) is 4. The van der Waals surface area contributed by atoms with E-state index >= 15 is 0 Å². The second kappa shape index (κ2) is 10.8. The number of rotatable bonds is 4. The van der Waals surface area contributed by atoms with Gasteiger partial charge in [0, 0.05) is 21.5 Å². The van der Waals surface area contributed by atoms with Gasteiger partial charge in [-0.15, -0.1) is 0 Å². The molecule has 4 amide bonds. The number of fused-ring (bicyclic) bond motifs is 6. The van der Waals surface area contributed by atoms with Crippen molar-refractivity contribution in [1.82, 2.24) is 9.13 Å². The van der Waals surface area contributed by atoms with Gasteiger partial charge in [0.15, 0.2) is 0 Å². The van der Waals surface area contributed by atoms with E-state index < -0.39 is 21.7 Å². The topological polar surface area (TPSA) is 84.6 Å². The molecule has 2 aromatic heterocycles. The van der Waals surface area contributed by atoms with Crippen LogP contribution in [0.25, 0.3) is 55.0 Å². The van der Waals surface area contributed by atoms with Crippen LogP contribution in [0.4, 0.5) is 11.4 Å². The molecule has 54 heavy (non-hydrogen) atoms. The molecule has 2 aliphatic rings. The predicted molar refractivity (Wildman–Crippen MR) is 215 cm³/mol. The van der Waals surface area contributed by atoms with Crippen LogP contribution in [0.5, 0.6) is 0 Å². The van der Waals surface area contributed by atoms with Crippen molar-refractivity contribution in [3.05, 3.63) is 109 Å². The van der Waals surface area contributed by atoms with Crippen LogP contribution in [0.3, 0.4) is 0 Å². The summed E-state index contributed by atoms with van der Waals surface area (Å²) in [6.07, 6.45) is 0. The Hall–Kier alpha value is -6.02. The maximum absolute atomic E-state index is 14.0. The summed E-state index contributed by atoms with van der Waals surface area (Å²) in [6, 6.07) is 36.0. The Kier molecular flexibility index (Phi) is 6.75. The zero-order valence-corrected chi connectivity index (χ0v) is 31.8. The predicted octanol–water partition coefficient (Wildman–Crippen LogP) is 9.73. The zero-order valence-electron chi connectivity index (χ0n) is 31.8. The molecule has 2 fully saturated rings. The van der Waals surface area contributed by atoms with Crippen LogP contribution in [0.2, 0.25) is 0 Å². The number of nitrogens with zero attached hydrogens (tertiary/aromatic N) is 4. The van der Waals surface area contributed by atoms with E-state index in [1.165, 1.54) is 9.80 Å². The van der Waals surface area contributed by atoms with Crippen molar-refractivity contribution in [2.75, 3.05) is 9.80 Å². The summed E-state index contributed by atoms with van der Waals surface area (Å²) >= 11 is 0. The average molecular weight is 715 g/mol. The summed E-state index contributed by atoms with van der Waals surface area (Å²) in [6.45, 7) is 14.8. The molecule has 7 aromatic rings. The minimum Gasteiger partial charge on any atom is -0.307 e. The summed E-state index contributed by atoms with van der Waals surface area (Å²) in [5.41, 5.74) is 2.65.